The summed E-state index contributed by atoms with van der Waals surface area (Å²) in [6.07, 6.45) is 39.0. The second kappa shape index (κ2) is 13.5. The molecule has 0 radical (unpaired) electrons. The third kappa shape index (κ3) is 6.04. The molecule has 1 saturated heterocycles. The maximum atomic E-state index is 7.06. The number of allylic oxidation sites excluding steroid dienone is 12. The van der Waals surface area contributed by atoms with Gasteiger partial charge in [0.25, 0.3) is 0 Å². The standard InChI is InChI=1S/C44H64ClN2/c1-43(2)38(46(5)36-28-26-30-16-7-11-22-34(30)40(36)43)24-13-9-18-32-20-15-21-33(42(32)45)19-10-14-25-39-44(3,4)41-35-23-12-8-17-31(35)27-29-37(41)47(39)6/h9-10,13-14,18-19,24-25,30-31,34-37,40-41H,7-8,11-12,15-17,20-23,26-29H2,1-6H3/q+1. The van der Waals surface area contributed by atoms with Gasteiger partial charge in [-0.3, -0.25) is 0 Å². The lowest BCUT2D eigenvalue weighted by Gasteiger charge is -2.47. The molecule has 2 aliphatic heterocycles. The Hall–Kier alpha value is -1.80. The summed E-state index contributed by atoms with van der Waals surface area (Å²) in [5.41, 5.74) is 6.10. The van der Waals surface area contributed by atoms with Gasteiger partial charge in [0.05, 0.1) is 5.41 Å². The minimum absolute atomic E-state index is 0.239. The highest BCUT2D eigenvalue weighted by molar-refractivity contribution is 6.32. The SMILES string of the molecule is CN1/C(=C/C=C/C=C2\CCCC(/C=C/C=C/C3=[N+](C)C4CCC5CCCCC5C4C3(C)C)=C2Cl)C(C)(C)C2C3CCCCC3CCC21. The van der Waals surface area contributed by atoms with Gasteiger partial charge in [0.2, 0.25) is 0 Å². The van der Waals surface area contributed by atoms with Crippen LogP contribution in [0.15, 0.2) is 70.5 Å². The topological polar surface area (TPSA) is 6.25 Å². The van der Waals surface area contributed by atoms with Crippen LogP contribution in [0.4, 0.5) is 0 Å². The van der Waals surface area contributed by atoms with Crippen LogP contribution in [0.5, 0.6) is 0 Å². The smallest absolute Gasteiger partial charge is 0.182 e. The number of fused-ring (bicyclic) bond motifs is 6. The van der Waals surface area contributed by atoms with Gasteiger partial charge < -0.3 is 4.90 Å². The Balaban J connectivity index is 1.02. The second-order valence-corrected chi connectivity index (χ2v) is 18.2. The van der Waals surface area contributed by atoms with E-state index in [1.165, 1.54) is 106 Å². The highest BCUT2D eigenvalue weighted by atomic mass is 35.5. The fourth-order valence-corrected chi connectivity index (χ4v) is 13.2. The lowest BCUT2D eigenvalue weighted by atomic mass is 9.57. The monoisotopic (exact) mass is 655 g/mol. The van der Waals surface area contributed by atoms with Crippen molar-refractivity contribution in [1.29, 1.82) is 0 Å². The molecule has 5 fully saturated rings. The Bertz CT molecular complexity index is 1410. The summed E-state index contributed by atoms with van der Waals surface area (Å²) < 4.78 is 2.65. The lowest BCUT2D eigenvalue weighted by Crippen LogP contribution is -2.45. The molecule has 8 unspecified atom stereocenters. The van der Waals surface area contributed by atoms with Crippen LogP contribution in [0.1, 0.15) is 124 Å². The number of rotatable bonds is 5. The molecule has 8 atom stereocenters. The van der Waals surface area contributed by atoms with Crippen molar-refractivity contribution in [3.63, 3.8) is 0 Å². The zero-order valence-corrected chi connectivity index (χ0v) is 31.4. The summed E-state index contributed by atoms with van der Waals surface area (Å²) in [7, 11) is 4.73. The van der Waals surface area contributed by atoms with E-state index in [0.717, 1.165) is 53.4 Å². The zero-order valence-electron chi connectivity index (χ0n) is 30.6. The van der Waals surface area contributed by atoms with Crippen molar-refractivity contribution in [1.82, 2.24) is 4.90 Å². The molecule has 0 bridgehead atoms. The second-order valence-electron chi connectivity index (χ2n) is 17.8. The average Bonchev–Trinajstić information content (AvgIpc) is 3.39. The van der Waals surface area contributed by atoms with Gasteiger partial charge in [0, 0.05) is 47.6 Å². The van der Waals surface area contributed by atoms with E-state index in [4.69, 9.17) is 11.6 Å². The van der Waals surface area contributed by atoms with Crippen molar-refractivity contribution in [3.8, 4) is 0 Å². The zero-order chi connectivity index (χ0) is 32.9. The van der Waals surface area contributed by atoms with Crippen molar-refractivity contribution in [2.45, 2.75) is 136 Å². The first-order chi connectivity index (χ1) is 22.6. The first-order valence-corrected chi connectivity index (χ1v) is 20.1. The van der Waals surface area contributed by atoms with Gasteiger partial charge in [-0.1, -0.05) is 100 Å². The minimum Gasteiger partial charge on any atom is -0.374 e. The number of likely N-dealkylation sites (tertiary alicyclic amines) is 1. The van der Waals surface area contributed by atoms with Gasteiger partial charge in [0.1, 0.15) is 7.05 Å². The molecule has 0 aromatic carbocycles. The summed E-state index contributed by atoms with van der Waals surface area (Å²) in [5.74, 6) is 5.38. The third-order valence-corrected chi connectivity index (χ3v) is 15.4. The normalized spacial score (nSPS) is 40.2. The van der Waals surface area contributed by atoms with E-state index in [1.54, 1.807) is 0 Å². The van der Waals surface area contributed by atoms with Gasteiger partial charge in [0.15, 0.2) is 11.8 Å². The van der Waals surface area contributed by atoms with Crippen molar-refractivity contribution < 1.29 is 4.58 Å². The van der Waals surface area contributed by atoms with Crippen LogP contribution >= 0.6 is 11.6 Å². The number of hydrogen-bond acceptors (Lipinski definition) is 1. The fourth-order valence-electron chi connectivity index (χ4n) is 12.9. The molecule has 3 heteroatoms. The summed E-state index contributed by atoms with van der Waals surface area (Å²) in [6, 6.07) is 1.43. The van der Waals surface area contributed by atoms with E-state index in [-0.39, 0.29) is 10.8 Å². The summed E-state index contributed by atoms with van der Waals surface area (Å²) >= 11 is 7.06. The van der Waals surface area contributed by atoms with E-state index in [0.29, 0.717) is 12.1 Å². The van der Waals surface area contributed by atoms with Crippen LogP contribution in [0.3, 0.4) is 0 Å². The highest BCUT2D eigenvalue weighted by Crippen LogP contribution is 2.59. The first kappa shape index (κ1) is 33.7. The molecular weight excluding hydrogens is 592 g/mol. The Kier molecular flexibility index (Phi) is 9.67. The Morgan fingerprint density at radius 2 is 1.32 bits per heavy atom. The maximum absolute atomic E-state index is 7.06. The molecule has 0 N–H and O–H groups in total. The van der Waals surface area contributed by atoms with Crippen LogP contribution in [-0.2, 0) is 0 Å². The molecule has 256 valence electrons. The molecule has 4 saturated carbocycles. The van der Waals surface area contributed by atoms with Crippen LogP contribution in [0, 0.1) is 46.3 Å². The minimum atomic E-state index is 0.239. The molecule has 2 heterocycles. The molecule has 5 aliphatic carbocycles. The molecule has 0 aromatic heterocycles. The summed E-state index contributed by atoms with van der Waals surface area (Å²) in [6.45, 7) is 10.1. The van der Waals surface area contributed by atoms with E-state index >= 15 is 0 Å². The lowest BCUT2D eigenvalue weighted by molar-refractivity contribution is -0.541. The quantitative estimate of drug-likeness (QED) is 0.211. The van der Waals surface area contributed by atoms with Crippen LogP contribution < -0.4 is 0 Å². The van der Waals surface area contributed by atoms with E-state index in [1.807, 2.05) is 0 Å². The Morgan fingerprint density at radius 3 is 2.06 bits per heavy atom. The molecular formula is C44H64ClN2+. The Morgan fingerprint density at radius 1 is 0.681 bits per heavy atom. The molecule has 0 aromatic rings. The van der Waals surface area contributed by atoms with E-state index < -0.39 is 0 Å². The summed E-state index contributed by atoms with van der Waals surface area (Å²) in [5, 5.41) is 0.964. The molecule has 47 heavy (non-hydrogen) atoms. The maximum Gasteiger partial charge on any atom is 0.182 e. The van der Waals surface area contributed by atoms with Gasteiger partial charge in [-0.05, 0) is 112 Å². The predicted molar refractivity (Wildman–Crippen MR) is 201 cm³/mol. The molecule has 0 amide bonds. The van der Waals surface area contributed by atoms with Crippen LogP contribution in [-0.4, -0.2) is 41.4 Å². The van der Waals surface area contributed by atoms with Gasteiger partial charge in [-0.25, -0.2) is 4.58 Å². The molecule has 2 nitrogen and oxygen atoms in total. The third-order valence-electron chi connectivity index (χ3n) is 14.9. The Labute approximate surface area is 292 Å². The molecule has 7 aliphatic rings. The highest BCUT2D eigenvalue weighted by Gasteiger charge is 2.59. The van der Waals surface area contributed by atoms with Crippen molar-refractivity contribution in [2.24, 2.45) is 46.3 Å². The van der Waals surface area contributed by atoms with Crippen molar-refractivity contribution in [2.75, 3.05) is 14.1 Å². The number of nitrogens with zero attached hydrogens (tertiary/aromatic N) is 2. The van der Waals surface area contributed by atoms with Crippen molar-refractivity contribution >= 4 is 17.3 Å². The van der Waals surface area contributed by atoms with Gasteiger partial charge in [-0.15, -0.1) is 0 Å². The van der Waals surface area contributed by atoms with Crippen LogP contribution in [0.2, 0.25) is 0 Å². The predicted octanol–water partition coefficient (Wildman–Crippen LogP) is 11.4. The number of hydrogen-bond donors (Lipinski definition) is 0. The largest absolute Gasteiger partial charge is 0.374 e. The molecule has 0 spiro atoms. The van der Waals surface area contributed by atoms with Crippen molar-refractivity contribution in [3.05, 3.63) is 70.5 Å². The van der Waals surface area contributed by atoms with Gasteiger partial charge >= 0.3 is 0 Å². The van der Waals surface area contributed by atoms with E-state index in [9.17, 15) is 0 Å². The fraction of sp³-hybridized carbons (Fsp3) is 0.705. The first-order valence-electron chi connectivity index (χ1n) is 19.8. The van der Waals surface area contributed by atoms with E-state index in [2.05, 4.69) is 99.9 Å². The molecule has 7 rings (SSSR count). The number of halogens is 1. The average molecular weight is 656 g/mol. The van der Waals surface area contributed by atoms with Gasteiger partial charge in [-0.2, -0.15) is 0 Å². The van der Waals surface area contributed by atoms with Crippen LogP contribution in [0.25, 0.3) is 0 Å². The summed E-state index contributed by atoms with van der Waals surface area (Å²) in [4.78, 5) is 2.65.